The minimum Gasteiger partial charge on any atom is -0.493 e. The second-order valence-corrected chi connectivity index (χ2v) is 7.24. The number of fused-ring (bicyclic) bond motifs is 2. The quantitative estimate of drug-likeness (QED) is 0.505. The van der Waals surface area contributed by atoms with Crippen molar-refractivity contribution >= 4 is 16.6 Å². The molecular weight excluding hydrogens is 369 g/mol. The summed E-state index contributed by atoms with van der Waals surface area (Å²) < 4.78 is 20.2. The van der Waals surface area contributed by atoms with Crippen LogP contribution in [0.4, 0.5) is 10.2 Å². The highest BCUT2D eigenvalue weighted by molar-refractivity contribution is 5.91. The molecule has 0 fully saturated rings. The molecule has 6 heteroatoms. The number of aryl methyl sites for hydroxylation is 1. The second-order valence-electron chi connectivity index (χ2n) is 7.24. The zero-order chi connectivity index (χ0) is 20.1. The molecule has 144 valence electrons. The normalized spacial score (nSPS) is 12.8. The summed E-state index contributed by atoms with van der Waals surface area (Å²) in [6.07, 6.45) is 2.48. The molecule has 1 aliphatic rings. The molecule has 29 heavy (non-hydrogen) atoms. The van der Waals surface area contributed by atoms with Gasteiger partial charge in [-0.05, 0) is 64.9 Å². The Hall–Kier alpha value is -3.67. The van der Waals surface area contributed by atoms with E-state index in [0.29, 0.717) is 23.1 Å². The smallest absolute Gasteiger partial charge is 0.255 e. The summed E-state index contributed by atoms with van der Waals surface area (Å²) in [5.41, 5.74) is 10.4. The Bertz CT molecular complexity index is 1340. The van der Waals surface area contributed by atoms with Crippen LogP contribution in [-0.2, 0) is 6.42 Å². The molecule has 0 unspecified atom stereocenters. The van der Waals surface area contributed by atoms with Crippen molar-refractivity contribution in [1.82, 2.24) is 9.97 Å². The van der Waals surface area contributed by atoms with Gasteiger partial charge in [-0.15, -0.1) is 0 Å². The zero-order valence-corrected chi connectivity index (χ0v) is 15.8. The molecule has 1 aliphatic heterocycles. The lowest BCUT2D eigenvalue weighted by molar-refractivity contribution is 0.357. The third-order valence-corrected chi connectivity index (χ3v) is 5.43. The molecule has 5 nitrogen and oxygen atoms in total. The standard InChI is InChI=1S/C23H18FN3O2/c1-12-11-26-23(28)16-4-2-14(9-17(12)16)19-10-18(21(24)27-22(19)25)13-3-5-20-15(8-13)6-7-29-20/h2-5,8-11H,6-7H2,1H3,(H2,25,27)(H,26,28). The fourth-order valence-corrected chi connectivity index (χ4v) is 3.86. The van der Waals surface area contributed by atoms with E-state index in [0.717, 1.165) is 39.8 Å². The maximum absolute atomic E-state index is 14.7. The minimum absolute atomic E-state index is 0.109. The van der Waals surface area contributed by atoms with Crippen LogP contribution in [0.15, 0.2) is 53.5 Å². The molecule has 2 aromatic heterocycles. The SMILES string of the molecule is Cc1c[nH]c(=O)c2ccc(-c3cc(-c4ccc5c(c4)CCO5)c(F)nc3N)cc12. The number of nitrogens with one attached hydrogen (secondary N) is 1. The summed E-state index contributed by atoms with van der Waals surface area (Å²) in [6.45, 7) is 2.56. The van der Waals surface area contributed by atoms with Gasteiger partial charge in [0.15, 0.2) is 0 Å². The van der Waals surface area contributed by atoms with Gasteiger partial charge < -0.3 is 15.5 Å². The first-order valence-electron chi connectivity index (χ1n) is 9.36. The Labute approximate surface area is 166 Å². The van der Waals surface area contributed by atoms with Crippen LogP contribution in [0.5, 0.6) is 5.75 Å². The lowest BCUT2D eigenvalue weighted by Crippen LogP contribution is -2.06. The second kappa shape index (κ2) is 6.44. The molecule has 4 aromatic rings. The molecule has 5 rings (SSSR count). The van der Waals surface area contributed by atoms with Crippen LogP contribution >= 0.6 is 0 Å². The Balaban J connectivity index is 1.68. The molecule has 0 radical (unpaired) electrons. The van der Waals surface area contributed by atoms with Crippen LogP contribution in [0.3, 0.4) is 0 Å². The average molecular weight is 387 g/mol. The van der Waals surface area contributed by atoms with Crippen LogP contribution in [-0.4, -0.2) is 16.6 Å². The highest BCUT2D eigenvalue weighted by Crippen LogP contribution is 2.35. The van der Waals surface area contributed by atoms with E-state index in [1.165, 1.54) is 0 Å². The van der Waals surface area contributed by atoms with Crippen molar-refractivity contribution in [2.45, 2.75) is 13.3 Å². The van der Waals surface area contributed by atoms with E-state index >= 15 is 0 Å². The van der Waals surface area contributed by atoms with E-state index in [-0.39, 0.29) is 11.4 Å². The van der Waals surface area contributed by atoms with Gasteiger partial charge in [-0.25, -0.2) is 4.98 Å². The molecular formula is C23H18FN3O2. The van der Waals surface area contributed by atoms with E-state index < -0.39 is 5.95 Å². The van der Waals surface area contributed by atoms with Gasteiger partial charge in [0.1, 0.15) is 11.6 Å². The zero-order valence-electron chi connectivity index (χ0n) is 15.8. The number of nitrogens with zero attached hydrogens (tertiary/aromatic N) is 1. The van der Waals surface area contributed by atoms with Crippen molar-refractivity contribution in [3.63, 3.8) is 0 Å². The van der Waals surface area contributed by atoms with Gasteiger partial charge in [0.2, 0.25) is 5.95 Å². The van der Waals surface area contributed by atoms with Crippen LogP contribution < -0.4 is 16.0 Å². The van der Waals surface area contributed by atoms with E-state index in [1.807, 2.05) is 37.3 Å². The number of ether oxygens (including phenoxy) is 1. The lowest BCUT2D eigenvalue weighted by Gasteiger charge is -2.12. The predicted octanol–water partition coefficient (Wildman–Crippen LogP) is 4.22. The Kier molecular flexibility index (Phi) is 3.87. The number of aromatic nitrogens is 2. The number of nitrogens with two attached hydrogens (primary N) is 1. The van der Waals surface area contributed by atoms with Crippen molar-refractivity contribution in [1.29, 1.82) is 0 Å². The number of hydrogen-bond acceptors (Lipinski definition) is 4. The summed E-state index contributed by atoms with van der Waals surface area (Å²) in [7, 11) is 0. The van der Waals surface area contributed by atoms with Gasteiger partial charge in [0, 0.05) is 29.1 Å². The Morgan fingerprint density at radius 2 is 1.86 bits per heavy atom. The van der Waals surface area contributed by atoms with E-state index in [4.69, 9.17) is 10.5 Å². The van der Waals surface area contributed by atoms with Crippen LogP contribution in [0.25, 0.3) is 33.0 Å². The van der Waals surface area contributed by atoms with Gasteiger partial charge in [0.05, 0.1) is 6.61 Å². The minimum atomic E-state index is -0.612. The first-order chi connectivity index (χ1) is 14.0. The number of hydrogen-bond donors (Lipinski definition) is 2. The third-order valence-electron chi connectivity index (χ3n) is 5.43. The maximum atomic E-state index is 14.7. The highest BCUT2D eigenvalue weighted by atomic mass is 19.1. The molecule has 0 amide bonds. The number of anilines is 1. The van der Waals surface area contributed by atoms with Crippen molar-refractivity contribution in [3.05, 3.63) is 76.1 Å². The number of benzene rings is 2. The molecule has 3 N–H and O–H groups in total. The molecule has 0 saturated heterocycles. The number of aromatic amines is 1. The monoisotopic (exact) mass is 387 g/mol. The molecule has 3 heterocycles. The Morgan fingerprint density at radius 3 is 2.72 bits per heavy atom. The third kappa shape index (κ3) is 2.84. The summed E-state index contributed by atoms with van der Waals surface area (Å²) in [6, 6.07) is 12.8. The van der Waals surface area contributed by atoms with Gasteiger partial charge >= 0.3 is 0 Å². The fraction of sp³-hybridized carbons (Fsp3) is 0.130. The van der Waals surface area contributed by atoms with Crippen LogP contribution in [0, 0.1) is 12.9 Å². The van der Waals surface area contributed by atoms with E-state index in [2.05, 4.69) is 9.97 Å². The van der Waals surface area contributed by atoms with Crippen LogP contribution in [0.2, 0.25) is 0 Å². The van der Waals surface area contributed by atoms with E-state index in [1.54, 1.807) is 18.3 Å². The van der Waals surface area contributed by atoms with Crippen LogP contribution in [0.1, 0.15) is 11.1 Å². The fourth-order valence-electron chi connectivity index (χ4n) is 3.86. The summed E-state index contributed by atoms with van der Waals surface area (Å²) in [5, 5.41) is 1.42. The molecule has 0 saturated carbocycles. The number of halogens is 1. The largest absolute Gasteiger partial charge is 0.493 e. The number of rotatable bonds is 2. The topological polar surface area (TPSA) is 81.0 Å². The maximum Gasteiger partial charge on any atom is 0.255 e. The lowest BCUT2D eigenvalue weighted by atomic mass is 9.97. The van der Waals surface area contributed by atoms with E-state index in [9.17, 15) is 9.18 Å². The first kappa shape index (κ1) is 17.4. The molecule has 0 atom stereocenters. The average Bonchev–Trinajstić information content (AvgIpc) is 3.18. The summed E-state index contributed by atoms with van der Waals surface area (Å²) in [4.78, 5) is 18.7. The van der Waals surface area contributed by atoms with Crippen molar-refractivity contribution < 1.29 is 9.13 Å². The predicted molar refractivity (Wildman–Crippen MR) is 112 cm³/mol. The number of nitrogen functional groups attached to an aromatic ring is 1. The van der Waals surface area contributed by atoms with Gasteiger partial charge in [-0.2, -0.15) is 4.39 Å². The first-order valence-corrected chi connectivity index (χ1v) is 9.36. The summed E-state index contributed by atoms with van der Waals surface area (Å²) >= 11 is 0. The Morgan fingerprint density at radius 1 is 1.07 bits per heavy atom. The highest BCUT2D eigenvalue weighted by Gasteiger charge is 2.17. The van der Waals surface area contributed by atoms with Crippen molar-refractivity contribution in [2.75, 3.05) is 12.3 Å². The summed E-state index contributed by atoms with van der Waals surface area (Å²) in [5.74, 6) is 0.337. The number of pyridine rings is 2. The van der Waals surface area contributed by atoms with Gasteiger partial charge in [-0.1, -0.05) is 12.1 Å². The molecule has 0 aliphatic carbocycles. The van der Waals surface area contributed by atoms with Crippen molar-refractivity contribution in [3.8, 4) is 28.0 Å². The van der Waals surface area contributed by atoms with Gasteiger partial charge in [-0.3, -0.25) is 4.79 Å². The molecule has 2 aromatic carbocycles. The number of H-pyrrole nitrogens is 1. The molecule has 0 spiro atoms. The van der Waals surface area contributed by atoms with Gasteiger partial charge in [0.25, 0.3) is 5.56 Å². The van der Waals surface area contributed by atoms with Crippen molar-refractivity contribution in [2.24, 2.45) is 0 Å². The molecule has 0 bridgehead atoms.